The van der Waals surface area contributed by atoms with Crippen molar-refractivity contribution in [2.24, 2.45) is 0 Å². The molecular weight excluding hydrogens is 216 g/mol. The molecule has 1 N–H and O–H groups in total. The van der Waals surface area contributed by atoms with Crippen LogP contribution in [0.4, 0.5) is 0 Å². The lowest BCUT2D eigenvalue weighted by atomic mass is 10.0. The third kappa shape index (κ3) is 1.39. The Labute approximate surface area is 91.9 Å². The quantitative estimate of drug-likeness (QED) is 0.770. The zero-order chi connectivity index (χ0) is 10.1. The molecule has 0 saturated carbocycles. The number of hydrogen-bond acceptors (Lipinski definition) is 2. The second-order valence-corrected chi connectivity index (χ2v) is 4.36. The van der Waals surface area contributed by atoms with Gasteiger partial charge in [0.15, 0.2) is 0 Å². The van der Waals surface area contributed by atoms with Crippen LogP contribution in [0.1, 0.15) is 18.1 Å². The van der Waals surface area contributed by atoms with Gasteiger partial charge in [-0.2, -0.15) is 0 Å². The lowest BCUT2D eigenvalue weighted by molar-refractivity contribution is 0.470. The molecule has 0 fully saturated rings. The standard InChI is InChI=1S/C11H11ClOS/c1-2-8-9(13)3-4-10-11(8)7(5-12)6-14-10/h3-4,6,13H,2,5H2,1H3. The fourth-order valence-electron chi connectivity index (χ4n) is 1.72. The third-order valence-electron chi connectivity index (χ3n) is 2.40. The van der Waals surface area contributed by atoms with Crippen molar-refractivity contribution >= 4 is 33.0 Å². The van der Waals surface area contributed by atoms with Crippen LogP contribution in [-0.2, 0) is 12.3 Å². The van der Waals surface area contributed by atoms with Gasteiger partial charge in [0.1, 0.15) is 5.75 Å². The number of thiophene rings is 1. The first kappa shape index (κ1) is 9.81. The Morgan fingerprint density at radius 1 is 1.43 bits per heavy atom. The number of hydrogen-bond donors (Lipinski definition) is 1. The molecule has 0 bridgehead atoms. The van der Waals surface area contributed by atoms with Crippen LogP contribution in [0.5, 0.6) is 5.75 Å². The molecule has 2 aromatic rings. The average Bonchev–Trinajstić information content (AvgIpc) is 2.61. The molecule has 0 amide bonds. The fourth-order valence-corrected chi connectivity index (χ4v) is 3.01. The maximum atomic E-state index is 9.71. The van der Waals surface area contributed by atoms with Crippen LogP contribution in [0, 0.1) is 0 Å². The summed E-state index contributed by atoms with van der Waals surface area (Å²) in [5.41, 5.74) is 2.14. The maximum Gasteiger partial charge on any atom is 0.119 e. The van der Waals surface area contributed by atoms with Crippen LogP contribution in [0.3, 0.4) is 0 Å². The van der Waals surface area contributed by atoms with Gasteiger partial charge in [-0.1, -0.05) is 6.92 Å². The SMILES string of the molecule is CCc1c(O)ccc2scc(CCl)c12. The lowest BCUT2D eigenvalue weighted by Gasteiger charge is -2.04. The van der Waals surface area contributed by atoms with E-state index in [9.17, 15) is 5.11 Å². The Kier molecular flexibility index (Phi) is 2.66. The smallest absolute Gasteiger partial charge is 0.119 e. The van der Waals surface area contributed by atoms with Crippen LogP contribution in [0.25, 0.3) is 10.1 Å². The van der Waals surface area contributed by atoms with Gasteiger partial charge in [0.2, 0.25) is 0 Å². The topological polar surface area (TPSA) is 20.2 Å². The number of phenols is 1. The minimum absolute atomic E-state index is 0.379. The number of halogens is 1. The molecule has 0 atom stereocenters. The molecule has 74 valence electrons. The minimum Gasteiger partial charge on any atom is -0.508 e. The second-order valence-electron chi connectivity index (χ2n) is 3.18. The largest absolute Gasteiger partial charge is 0.508 e. The molecule has 0 aliphatic heterocycles. The highest BCUT2D eigenvalue weighted by atomic mass is 35.5. The van der Waals surface area contributed by atoms with Gasteiger partial charge in [-0.05, 0) is 29.5 Å². The van der Waals surface area contributed by atoms with Crippen molar-refractivity contribution in [3.05, 3.63) is 28.6 Å². The Bertz CT molecular complexity index is 462. The number of fused-ring (bicyclic) bond motifs is 1. The van der Waals surface area contributed by atoms with Crippen molar-refractivity contribution in [2.45, 2.75) is 19.2 Å². The van der Waals surface area contributed by atoms with Crippen LogP contribution in [-0.4, -0.2) is 5.11 Å². The van der Waals surface area contributed by atoms with Crippen molar-refractivity contribution < 1.29 is 5.11 Å². The number of aryl methyl sites for hydroxylation is 1. The van der Waals surface area contributed by atoms with Crippen molar-refractivity contribution in [3.8, 4) is 5.75 Å². The van der Waals surface area contributed by atoms with Crippen molar-refractivity contribution in [1.29, 1.82) is 0 Å². The van der Waals surface area contributed by atoms with Crippen LogP contribution in [0.2, 0.25) is 0 Å². The van der Waals surface area contributed by atoms with Gasteiger partial charge in [-0.3, -0.25) is 0 Å². The van der Waals surface area contributed by atoms with Gasteiger partial charge >= 0.3 is 0 Å². The molecule has 0 unspecified atom stereocenters. The first-order chi connectivity index (χ1) is 6.77. The number of benzene rings is 1. The van der Waals surface area contributed by atoms with E-state index >= 15 is 0 Å². The zero-order valence-corrected chi connectivity index (χ0v) is 9.45. The molecule has 14 heavy (non-hydrogen) atoms. The summed E-state index contributed by atoms with van der Waals surface area (Å²) in [6, 6.07) is 3.71. The summed E-state index contributed by atoms with van der Waals surface area (Å²) >= 11 is 7.53. The molecule has 0 aliphatic rings. The van der Waals surface area contributed by atoms with E-state index in [0.29, 0.717) is 11.6 Å². The molecular formula is C11H11ClOS. The summed E-state index contributed by atoms with van der Waals surface area (Å²) in [5, 5.41) is 12.9. The normalized spacial score (nSPS) is 11.0. The summed E-state index contributed by atoms with van der Waals surface area (Å²) in [7, 11) is 0. The molecule has 1 aromatic carbocycles. The molecule has 0 saturated heterocycles. The Hall–Kier alpha value is -0.730. The predicted octanol–water partition coefficient (Wildman–Crippen LogP) is 3.91. The summed E-state index contributed by atoms with van der Waals surface area (Å²) < 4.78 is 1.20. The van der Waals surface area contributed by atoms with E-state index in [2.05, 4.69) is 5.38 Å². The van der Waals surface area contributed by atoms with E-state index in [4.69, 9.17) is 11.6 Å². The van der Waals surface area contributed by atoms with E-state index < -0.39 is 0 Å². The van der Waals surface area contributed by atoms with Gasteiger partial charge in [0.05, 0.1) is 0 Å². The van der Waals surface area contributed by atoms with Gasteiger partial charge in [0.25, 0.3) is 0 Å². The van der Waals surface area contributed by atoms with E-state index in [-0.39, 0.29) is 0 Å². The highest BCUT2D eigenvalue weighted by molar-refractivity contribution is 7.17. The lowest BCUT2D eigenvalue weighted by Crippen LogP contribution is -1.85. The first-order valence-electron chi connectivity index (χ1n) is 4.54. The third-order valence-corrected chi connectivity index (χ3v) is 3.68. The first-order valence-corrected chi connectivity index (χ1v) is 5.96. The van der Waals surface area contributed by atoms with Crippen LogP contribution in [0.15, 0.2) is 17.5 Å². The predicted molar refractivity (Wildman–Crippen MR) is 62.4 cm³/mol. The number of aromatic hydroxyl groups is 1. The minimum atomic E-state index is 0.379. The van der Waals surface area contributed by atoms with Gasteiger partial charge in [0, 0.05) is 21.5 Å². The van der Waals surface area contributed by atoms with E-state index in [1.807, 2.05) is 13.0 Å². The van der Waals surface area contributed by atoms with Crippen molar-refractivity contribution in [2.75, 3.05) is 0 Å². The monoisotopic (exact) mass is 226 g/mol. The molecule has 0 spiro atoms. The Balaban J connectivity index is 2.81. The molecule has 3 heteroatoms. The molecule has 0 radical (unpaired) electrons. The maximum absolute atomic E-state index is 9.71. The van der Waals surface area contributed by atoms with E-state index in [1.165, 1.54) is 4.70 Å². The van der Waals surface area contributed by atoms with Crippen molar-refractivity contribution in [3.63, 3.8) is 0 Å². The summed E-state index contributed by atoms with van der Waals surface area (Å²) in [5.74, 6) is 0.890. The Morgan fingerprint density at radius 3 is 2.86 bits per heavy atom. The average molecular weight is 227 g/mol. The summed E-state index contributed by atoms with van der Waals surface area (Å²) in [6.45, 7) is 2.05. The molecule has 1 aromatic heterocycles. The molecule has 0 aliphatic carbocycles. The van der Waals surface area contributed by atoms with Crippen LogP contribution < -0.4 is 0 Å². The van der Waals surface area contributed by atoms with Crippen molar-refractivity contribution in [1.82, 2.24) is 0 Å². The number of phenolic OH excluding ortho intramolecular Hbond substituents is 1. The molecule has 2 rings (SSSR count). The number of alkyl halides is 1. The highest BCUT2D eigenvalue weighted by Gasteiger charge is 2.10. The molecule has 1 nitrogen and oxygen atoms in total. The van der Waals surface area contributed by atoms with Gasteiger partial charge in [-0.25, -0.2) is 0 Å². The Morgan fingerprint density at radius 2 is 2.21 bits per heavy atom. The number of rotatable bonds is 2. The van der Waals surface area contributed by atoms with Crippen LogP contribution >= 0.6 is 22.9 Å². The van der Waals surface area contributed by atoms with Gasteiger partial charge in [-0.15, -0.1) is 22.9 Å². The fraction of sp³-hybridized carbons (Fsp3) is 0.273. The summed E-state index contributed by atoms with van der Waals surface area (Å²) in [6.07, 6.45) is 0.837. The van der Waals surface area contributed by atoms with Gasteiger partial charge < -0.3 is 5.11 Å². The van der Waals surface area contributed by atoms with E-state index in [1.54, 1.807) is 17.4 Å². The zero-order valence-electron chi connectivity index (χ0n) is 7.88. The van der Waals surface area contributed by atoms with E-state index in [0.717, 1.165) is 22.9 Å². The second kappa shape index (κ2) is 3.79. The molecule has 1 heterocycles. The summed E-state index contributed by atoms with van der Waals surface area (Å²) in [4.78, 5) is 0. The highest BCUT2D eigenvalue weighted by Crippen LogP contribution is 2.35.